The van der Waals surface area contributed by atoms with Gasteiger partial charge in [-0.1, -0.05) is 25.4 Å². The van der Waals surface area contributed by atoms with Crippen LogP contribution in [-0.2, 0) is 4.79 Å². The standard InChI is InChI=1S/C17H23ClFN3O2/c1-11(2)9-15(20)17(24)22-7-5-21(6-8-22)16(23)13-4-3-12(18)10-14(13)19/h3-4,10-11,15H,5-9,20H2,1-2H3/t15-/m0/s1. The molecule has 0 aliphatic carbocycles. The highest BCUT2D eigenvalue weighted by molar-refractivity contribution is 6.30. The Balaban J connectivity index is 1.94. The predicted octanol–water partition coefficient (Wildman–Crippen LogP) is 2.14. The third kappa shape index (κ3) is 4.45. The number of carbonyl (C=O) groups excluding carboxylic acids is 2. The third-order valence-electron chi connectivity index (χ3n) is 4.08. The number of piperazine rings is 1. The Morgan fingerprint density at radius 3 is 2.33 bits per heavy atom. The molecule has 7 heteroatoms. The van der Waals surface area contributed by atoms with Gasteiger partial charge in [0.15, 0.2) is 0 Å². The molecule has 1 aliphatic rings. The summed E-state index contributed by atoms with van der Waals surface area (Å²) in [6, 6.07) is 3.49. The lowest BCUT2D eigenvalue weighted by Crippen LogP contribution is -2.54. The normalized spacial score (nSPS) is 16.4. The van der Waals surface area contributed by atoms with Crippen LogP contribution in [0.4, 0.5) is 4.39 Å². The average molecular weight is 356 g/mol. The number of carbonyl (C=O) groups is 2. The van der Waals surface area contributed by atoms with Crippen LogP contribution in [-0.4, -0.2) is 53.8 Å². The van der Waals surface area contributed by atoms with Gasteiger partial charge in [0.1, 0.15) is 5.82 Å². The maximum absolute atomic E-state index is 13.9. The number of rotatable bonds is 4. The molecule has 0 spiro atoms. The lowest BCUT2D eigenvalue weighted by Gasteiger charge is -2.36. The Kier molecular flexibility index (Phi) is 6.18. The van der Waals surface area contributed by atoms with Gasteiger partial charge in [-0.15, -0.1) is 0 Å². The van der Waals surface area contributed by atoms with Crippen LogP contribution in [0.25, 0.3) is 0 Å². The van der Waals surface area contributed by atoms with E-state index in [-0.39, 0.29) is 22.4 Å². The first-order chi connectivity index (χ1) is 11.3. The van der Waals surface area contributed by atoms with Gasteiger partial charge in [-0.25, -0.2) is 4.39 Å². The number of halogens is 2. The number of hydrogen-bond acceptors (Lipinski definition) is 3. The third-order valence-corrected chi connectivity index (χ3v) is 4.32. The van der Waals surface area contributed by atoms with Gasteiger partial charge in [0.25, 0.3) is 5.91 Å². The molecule has 5 nitrogen and oxygen atoms in total. The van der Waals surface area contributed by atoms with E-state index in [9.17, 15) is 14.0 Å². The molecule has 0 aromatic heterocycles. The van der Waals surface area contributed by atoms with Gasteiger partial charge in [0.2, 0.25) is 5.91 Å². The molecule has 1 heterocycles. The fourth-order valence-corrected chi connectivity index (χ4v) is 2.97. The molecule has 1 aromatic carbocycles. The zero-order valence-corrected chi connectivity index (χ0v) is 14.7. The van der Waals surface area contributed by atoms with E-state index >= 15 is 0 Å². The Hall–Kier alpha value is -1.66. The van der Waals surface area contributed by atoms with E-state index < -0.39 is 11.9 Å². The second-order valence-corrected chi connectivity index (χ2v) is 6.91. The first kappa shape index (κ1) is 18.7. The van der Waals surface area contributed by atoms with E-state index in [4.69, 9.17) is 17.3 Å². The molecule has 24 heavy (non-hydrogen) atoms. The van der Waals surface area contributed by atoms with Gasteiger partial charge in [-0.05, 0) is 30.5 Å². The topological polar surface area (TPSA) is 66.6 Å². The molecule has 0 saturated carbocycles. The van der Waals surface area contributed by atoms with Crippen LogP contribution in [0.5, 0.6) is 0 Å². The van der Waals surface area contributed by atoms with Crippen molar-refractivity contribution in [3.63, 3.8) is 0 Å². The lowest BCUT2D eigenvalue weighted by molar-refractivity contribution is -0.134. The molecule has 0 bridgehead atoms. The van der Waals surface area contributed by atoms with E-state index in [0.717, 1.165) is 6.07 Å². The molecule has 1 saturated heterocycles. The first-order valence-corrected chi connectivity index (χ1v) is 8.46. The number of nitrogens with zero attached hydrogens (tertiary/aromatic N) is 2. The fraction of sp³-hybridized carbons (Fsp3) is 0.529. The van der Waals surface area contributed by atoms with Crippen LogP contribution in [0.2, 0.25) is 5.02 Å². The highest BCUT2D eigenvalue weighted by atomic mass is 35.5. The lowest BCUT2D eigenvalue weighted by atomic mass is 10.0. The van der Waals surface area contributed by atoms with E-state index in [1.165, 1.54) is 12.1 Å². The molecule has 1 aromatic rings. The van der Waals surface area contributed by atoms with Crippen LogP contribution in [0.3, 0.4) is 0 Å². The Morgan fingerprint density at radius 2 is 1.79 bits per heavy atom. The maximum atomic E-state index is 13.9. The molecule has 2 amide bonds. The molecule has 2 N–H and O–H groups in total. The van der Waals surface area contributed by atoms with Crippen molar-refractivity contribution < 1.29 is 14.0 Å². The minimum absolute atomic E-state index is 0.00399. The number of hydrogen-bond donors (Lipinski definition) is 1. The summed E-state index contributed by atoms with van der Waals surface area (Å²) >= 11 is 5.71. The molecule has 0 radical (unpaired) electrons. The summed E-state index contributed by atoms with van der Waals surface area (Å²) in [5.74, 6) is -0.763. The van der Waals surface area contributed by atoms with Crippen molar-refractivity contribution in [2.24, 2.45) is 11.7 Å². The Bertz CT molecular complexity index is 616. The van der Waals surface area contributed by atoms with Crippen molar-refractivity contribution in [3.05, 3.63) is 34.6 Å². The minimum atomic E-state index is -0.634. The summed E-state index contributed by atoms with van der Waals surface area (Å²) in [7, 11) is 0. The van der Waals surface area contributed by atoms with Gasteiger partial charge in [-0.3, -0.25) is 9.59 Å². The molecular formula is C17H23ClFN3O2. The summed E-state index contributed by atoms with van der Waals surface area (Å²) in [6.07, 6.45) is 0.633. The van der Waals surface area contributed by atoms with Gasteiger partial charge in [0, 0.05) is 31.2 Å². The molecule has 132 valence electrons. The smallest absolute Gasteiger partial charge is 0.256 e. The molecule has 2 rings (SSSR count). The molecular weight excluding hydrogens is 333 g/mol. The average Bonchev–Trinajstić information content (AvgIpc) is 2.53. The van der Waals surface area contributed by atoms with Crippen LogP contribution in [0.1, 0.15) is 30.6 Å². The van der Waals surface area contributed by atoms with Crippen molar-refractivity contribution in [1.82, 2.24) is 9.80 Å². The highest BCUT2D eigenvalue weighted by Crippen LogP contribution is 2.17. The van der Waals surface area contributed by atoms with E-state index in [2.05, 4.69) is 0 Å². The highest BCUT2D eigenvalue weighted by Gasteiger charge is 2.28. The van der Waals surface area contributed by atoms with Crippen LogP contribution in [0, 0.1) is 11.7 Å². The quantitative estimate of drug-likeness (QED) is 0.899. The predicted molar refractivity (Wildman–Crippen MR) is 91.3 cm³/mol. The number of amides is 2. The van der Waals surface area contributed by atoms with Crippen LogP contribution in [0.15, 0.2) is 18.2 Å². The minimum Gasteiger partial charge on any atom is -0.338 e. The van der Waals surface area contributed by atoms with Gasteiger partial charge in [0.05, 0.1) is 11.6 Å². The van der Waals surface area contributed by atoms with Crippen molar-refractivity contribution in [1.29, 1.82) is 0 Å². The summed E-state index contributed by atoms with van der Waals surface area (Å²) in [6.45, 7) is 5.58. The van der Waals surface area contributed by atoms with Crippen LogP contribution < -0.4 is 5.73 Å². The van der Waals surface area contributed by atoms with Crippen LogP contribution >= 0.6 is 11.6 Å². The summed E-state index contributed by atoms with van der Waals surface area (Å²) in [5, 5.41) is 0.249. The summed E-state index contributed by atoms with van der Waals surface area (Å²) in [4.78, 5) is 27.9. The first-order valence-electron chi connectivity index (χ1n) is 8.08. The second kappa shape index (κ2) is 7.94. The van der Waals surface area contributed by atoms with Gasteiger partial charge < -0.3 is 15.5 Å². The van der Waals surface area contributed by atoms with Crippen molar-refractivity contribution in [3.8, 4) is 0 Å². The Labute approximate surface area is 146 Å². The van der Waals surface area contributed by atoms with Crippen molar-refractivity contribution in [2.75, 3.05) is 26.2 Å². The maximum Gasteiger partial charge on any atom is 0.256 e. The molecule has 0 unspecified atom stereocenters. The van der Waals surface area contributed by atoms with E-state index in [0.29, 0.717) is 38.5 Å². The summed E-state index contributed by atoms with van der Waals surface area (Å²) in [5.41, 5.74) is 5.93. The van der Waals surface area contributed by atoms with Crippen molar-refractivity contribution >= 4 is 23.4 Å². The largest absolute Gasteiger partial charge is 0.338 e. The monoisotopic (exact) mass is 355 g/mol. The van der Waals surface area contributed by atoms with Gasteiger partial charge in [-0.2, -0.15) is 0 Å². The number of nitrogens with two attached hydrogens (primary N) is 1. The molecule has 1 atom stereocenters. The number of benzene rings is 1. The molecule has 1 aliphatic heterocycles. The van der Waals surface area contributed by atoms with E-state index in [1.807, 2.05) is 13.8 Å². The zero-order chi connectivity index (χ0) is 17.9. The van der Waals surface area contributed by atoms with E-state index in [1.54, 1.807) is 9.80 Å². The second-order valence-electron chi connectivity index (χ2n) is 6.48. The zero-order valence-electron chi connectivity index (χ0n) is 14.0. The fourth-order valence-electron chi connectivity index (χ4n) is 2.81. The SMILES string of the molecule is CC(C)C[C@H](N)C(=O)N1CCN(C(=O)c2ccc(Cl)cc2F)CC1. The van der Waals surface area contributed by atoms with Crippen molar-refractivity contribution in [2.45, 2.75) is 26.3 Å². The summed E-state index contributed by atoms with van der Waals surface area (Å²) < 4.78 is 13.9. The Morgan fingerprint density at radius 1 is 1.21 bits per heavy atom. The van der Waals surface area contributed by atoms with Gasteiger partial charge >= 0.3 is 0 Å². The molecule has 1 fully saturated rings.